The van der Waals surface area contributed by atoms with Gasteiger partial charge in [-0.05, 0) is 23.8 Å². The number of esters is 1. The van der Waals surface area contributed by atoms with Crippen molar-refractivity contribution in [2.24, 2.45) is 0 Å². The third kappa shape index (κ3) is 3.62. The van der Waals surface area contributed by atoms with Gasteiger partial charge in [-0.25, -0.2) is 0 Å². The van der Waals surface area contributed by atoms with E-state index in [1.807, 2.05) is 0 Å². The van der Waals surface area contributed by atoms with Gasteiger partial charge in [0, 0.05) is 6.92 Å². The van der Waals surface area contributed by atoms with Crippen LogP contribution in [0.25, 0.3) is 0 Å². The first kappa shape index (κ1) is 13.3. The predicted molar refractivity (Wildman–Crippen MR) is 56.1 cm³/mol. The third-order valence-corrected chi connectivity index (χ3v) is 2.07. The lowest BCUT2D eigenvalue weighted by Crippen LogP contribution is -2.08. The molecule has 0 aromatic heterocycles. The summed E-state index contributed by atoms with van der Waals surface area (Å²) in [4.78, 5) is 10.8. The molecule has 1 aromatic rings. The Morgan fingerprint density at radius 1 is 1.35 bits per heavy atom. The van der Waals surface area contributed by atoms with Gasteiger partial charge in [0.15, 0.2) is 0 Å². The summed E-state index contributed by atoms with van der Waals surface area (Å²) >= 11 is 0. The molecule has 0 aliphatic carbocycles. The van der Waals surface area contributed by atoms with Crippen molar-refractivity contribution in [3.8, 4) is 0 Å². The Balaban J connectivity index is 2.93. The summed E-state index contributed by atoms with van der Waals surface area (Å²) in [6.45, 7) is 4.68. The van der Waals surface area contributed by atoms with Crippen LogP contribution >= 0.6 is 0 Å². The van der Waals surface area contributed by atoms with Crippen LogP contribution in [0.1, 0.15) is 24.2 Å². The Kier molecular flexibility index (Phi) is 3.93. The lowest BCUT2D eigenvalue weighted by Gasteiger charge is -2.14. The summed E-state index contributed by atoms with van der Waals surface area (Å²) in [5, 5.41) is 0. The fraction of sp³-hybridized carbons (Fsp3) is 0.250. The fourth-order valence-electron chi connectivity index (χ4n) is 1.29. The molecular formula is C12H11F3O2. The van der Waals surface area contributed by atoms with E-state index >= 15 is 0 Å². The van der Waals surface area contributed by atoms with Crippen molar-refractivity contribution in [3.63, 3.8) is 0 Å². The molecule has 0 N–H and O–H groups in total. The van der Waals surface area contributed by atoms with Gasteiger partial charge in [-0.1, -0.05) is 18.7 Å². The molecule has 5 heteroatoms. The van der Waals surface area contributed by atoms with E-state index in [1.54, 1.807) is 0 Å². The average molecular weight is 244 g/mol. The summed E-state index contributed by atoms with van der Waals surface area (Å²) in [6.07, 6.45) is -3.75. The largest absolute Gasteiger partial charge is 0.453 e. The fourth-order valence-corrected chi connectivity index (χ4v) is 1.29. The van der Waals surface area contributed by atoms with Crippen LogP contribution in [0, 0.1) is 0 Å². The molecule has 1 unspecified atom stereocenters. The van der Waals surface area contributed by atoms with Crippen molar-refractivity contribution in [2.75, 3.05) is 0 Å². The van der Waals surface area contributed by atoms with Gasteiger partial charge >= 0.3 is 12.1 Å². The van der Waals surface area contributed by atoms with E-state index in [2.05, 4.69) is 6.58 Å². The normalized spacial score (nSPS) is 12.9. The maximum atomic E-state index is 12.3. The molecule has 1 aromatic carbocycles. The van der Waals surface area contributed by atoms with E-state index in [9.17, 15) is 18.0 Å². The Morgan fingerprint density at radius 2 is 1.88 bits per heavy atom. The minimum absolute atomic E-state index is 0.447. The third-order valence-electron chi connectivity index (χ3n) is 2.07. The predicted octanol–water partition coefficient (Wildman–Crippen LogP) is 3.50. The summed E-state index contributed by atoms with van der Waals surface area (Å²) < 4.78 is 41.8. The standard InChI is InChI=1S/C12H11F3O2/c1-3-11(17-8(2)16)9-4-6-10(7-5-9)12(13,14)15/h3-7,11H,1H2,2H3. The molecule has 1 atom stereocenters. The van der Waals surface area contributed by atoms with Crippen LogP contribution < -0.4 is 0 Å². The lowest BCUT2D eigenvalue weighted by molar-refractivity contribution is -0.144. The first-order chi connectivity index (χ1) is 7.84. The Bertz CT molecular complexity index is 407. The van der Waals surface area contributed by atoms with Crippen LogP contribution in [-0.4, -0.2) is 5.97 Å². The van der Waals surface area contributed by atoms with Crippen molar-refractivity contribution in [1.82, 2.24) is 0 Å². The second kappa shape index (κ2) is 5.03. The minimum Gasteiger partial charge on any atom is -0.453 e. The lowest BCUT2D eigenvalue weighted by atomic mass is 10.1. The minimum atomic E-state index is -4.37. The van der Waals surface area contributed by atoms with Crippen LogP contribution in [0.15, 0.2) is 36.9 Å². The maximum absolute atomic E-state index is 12.3. The number of alkyl halides is 3. The second-order valence-electron chi connectivity index (χ2n) is 3.39. The molecule has 0 bridgehead atoms. The molecule has 0 spiro atoms. The molecule has 0 radical (unpaired) electrons. The summed E-state index contributed by atoms with van der Waals surface area (Å²) in [5.41, 5.74) is -0.296. The van der Waals surface area contributed by atoms with Crippen molar-refractivity contribution < 1.29 is 22.7 Å². The van der Waals surface area contributed by atoms with Crippen LogP contribution in [0.2, 0.25) is 0 Å². The molecule has 2 nitrogen and oxygen atoms in total. The van der Waals surface area contributed by atoms with Crippen molar-refractivity contribution in [2.45, 2.75) is 19.2 Å². The molecule has 0 amide bonds. The van der Waals surface area contributed by atoms with Crippen molar-refractivity contribution in [1.29, 1.82) is 0 Å². The van der Waals surface area contributed by atoms with E-state index in [0.717, 1.165) is 12.1 Å². The Morgan fingerprint density at radius 3 is 2.24 bits per heavy atom. The molecule has 1 rings (SSSR count). The first-order valence-corrected chi connectivity index (χ1v) is 4.81. The van der Waals surface area contributed by atoms with Gasteiger partial charge in [-0.3, -0.25) is 4.79 Å². The van der Waals surface area contributed by atoms with E-state index in [0.29, 0.717) is 5.56 Å². The van der Waals surface area contributed by atoms with Gasteiger partial charge in [0.05, 0.1) is 5.56 Å². The van der Waals surface area contributed by atoms with Gasteiger partial charge in [0.25, 0.3) is 0 Å². The maximum Gasteiger partial charge on any atom is 0.416 e. The van der Waals surface area contributed by atoms with Crippen molar-refractivity contribution in [3.05, 3.63) is 48.0 Å². The molecule has 17 heavy (non-hydrogen) atoms. The first-order valence-electron chi connectivity index (χ1n) is 4.81. The average Bonchev–Trinajstić information content (AvgIpc) is 2.24. The monoisotopic (exact) mass is 244 g/mol. The van der Waals surface area contributed by atoms with E-state index in [1.165, 1.54) is 25.1 Å². The molecule has 0 aliphatic rings. The summed E-state index contributed by atoms with van der Waals surface area (Å²) in [7, 11) is 0. The van der Waals surface area contributed by atoms with Crippen LogP contribution in [0.3, 0.4) is 0 Å². The highest BCUT2D eigenvalue weighted by molar-refractivity contribution is 5.66. The number of carbonyl (C=O) groups excluding carboxylic acids is 1. The van der Waals surface area contributed by atoms with Gasteiger partial charge in [0.2, 0.25) is 0 Å². The summed E-state index contributed by atoms with van der Waals surface area (Å²) in [5.74, 6) is -0.519. The molecule has 0 saturated carbocycles. The number of rotatable bonds is 3. The number of hydrogen-bond donors (Lipinski definition) is 0. The van der Waals surface area contributed by atoms with E-state index < -0.39 is 23.8 Å². The molecular weight excluding hydrogens is 233 g/mol. The Hall–Kier alpha value is -1.78. The summed E-state index contributed by atoms with van der Waals surface area (Å²) in [6, 6.07) is 4.40. The SMILES string of the molecule is C=CC(OC(C)=O)c1ccc(C(F)(F)F)cc1. The van der Waals surface area contributed by atoms with E-state index in [4.69, 9.17) is 4.74 Å². The molecule has 0 aliphatic heterocycles. The molecule has 0 saturated heterocycles. The highest BCUT2D eigenvalue weighted by Crippen LogP contribution is 2.30. The second-order valence-corrected chi connectivity index (χ2v) is 3.39. The Labute approximate surface area is 96.7 Å². The smallest absolute Gasteiger partial charge is 0.416 e. The molecule has 92 valence electrons. The van der Waals surface area contributed by atoms with Gasteiger partial charge in [-0.2, -0.15) is 13.2 Å². The zero-order valence-corrected chi connectivity index (χ0v) is 9.12. The molecule has 0 heterocycles. The van der Waals surface area contributed by atoms with Gasteiger partial charge in [-0.15, -0.1) is 0 Å². The number of hydrogen-bond acceptors (Lipinski definition) is 2. The number of ether oxygens (including phenoxy) is 1. The zero-order valence-electron chi connectivity index (χ0n) is 9.12. The topological polar surface area (TPSA) is 26.3 Å². The zero-order chi connectivity index (χ0) is 13.1. The van der Waals surface area contributed by atoms with Crippen LogP contribution in [0.4, 0.5) is 13.2 Å². The van der Waals surface area contributed by atoms with E-state index in [-0.39, 0.29) is 0 Å². The quantitative estimate of drug-likeness (QED) is 0.601. The highest BCUT2D eigenvalue weighted by Gasteiger charge is 2.30. The van der Waals surface area contributed by atoms with Crippen LogP contribution in [-0.2, 0) is 15.7 Å². The van der Waals surface area contributed by atoms with Crippen molar-refractivity contribution >= 4 is 5.97 Å². The number of halogens is 3. The number of carbonyl (C=O) groups is 1. The van der Waals surface area contributed by atoms with Crippen LogP contribution in [0.5, 0.6) is 0 Å². The van der Waals surface area contributed by atoms with Gasteiger partial charge in [0.1, 0.15) is 6.10 Å². The highest BCUT2D eigenvalue weighted by atomic mass is 19.4. The number of benzene rings is 1. The molecule has 0 fully saturated rings. The van der Waals surface area contributed by atoms with Gasteiger partial charge < -0.3 is 4.74 Å².